The molecule has 2 rings (SSSR count). The molecule has 1 saturated carbocycles. The molecule has 2 nitrogen and oxygen atoms in total. The van der Waals surface area contributed by atoms with Gasteiger partial charge < -0.3 is 5.73 Å². The summed E-state index contributed by atoms with van der Waals surface area (Å²) in [6, 6.07) is 5.18. The standard InChI is InChI=1S/C13H18ClNOS/c14-11-5-6-12(15)13(9-11)17(16)8-7-10-3-1-2-4-10/h5-6,9-10H,1-4,7-8,15H2. The fourth-order valence-corrected chi connectivity index (χ4v) is 3.98. The first-order valence-corrected chi connectivity index (χ1v) is 7.80. The summed E-state index contributed by atoms with van der Waals surface area (Å²) in [6.45, 7) is 0. The average Bonchev–Trinajstić information content (AvgIpc) is 2.82. The minimum Gasteiger partial charge on any atom is -0.398 e. The Morgan fingerprint density at radius 3 is 2.76 bits per heavy atom. The molecular weight excluding hydrogens is 254 g/mol. The second-order valence-electron chi connectivity index (χ2n) is 4.67. The van der Waals surface area contributed by atoms with Gasteiger partial charge in [-0.1, -0.05) is 37.3 Å². The Kier molecular flexibility index (Phi) is 4.46. The molecule has 0 aromatic heterocycles. The highest BCUT2D eigenvalue weighted by Crippen LogP contribution is 2.29. The van der Waals surface area contributed by atoms with E-state index in [1.165, 1.54) is 25.7 Å². The summed E-state index contributed by atoms with van der Waals surface area (Å²) in [5, 5.41) is 0.600. The van der Waals surface area contributed by atoms with Crippen molar-refractivity contribution in [2.45, 2.75) is 37.0 Å². The highest BCUT2D eigenvalue weighted by Gasteiger charge is 2.17. The second kappa shape index (κ2) is 5.87. The zero-order chi connectivity index (χ0) is 12.3. The molecule has 0 heterocycles. The molecule has 1 aromatic carbocycles. The predicted molar refractivity (Wildman–Crippen MR) is 73.7 cm³/mol. The van der Waals surface area contributed by atoms with Gasteiger partial charge in [-0.15, -0.1) is 0 Å². The number of anilines is 1. The van der Waals surface area contributed by atoms with Crippen molar-refractivity contribution in [1.82, 2.24) is 0 Å². The topological polar surface area (TPSA) is 43.1 Å². The van der Waals surface area contributed by atoms with E-state index >= 15 is 0 Å². The van der Waals surface area contributed by atoms with Crippen LogP contribution in [0.5, 0.6) is 0 Å². The van der Waals surface area contributed by atoms with Gasteiger partial charge in [-0.25, -0.2) is 0 Å². The summed E-state index contributed by atoms with van der Waals surface area (Å²) in [7, 11) is -1.01. The highest BCUT2D eigenvalue weighted by molar-refractivity contribution is 7.85. The molecule has 1 aliphatic rings. The Balaban J connectivity index is 1.96. The van der Waals surface area contributed by atoms with E-state index in [2.05, 4.69) is 0 Å². The van der Waals surface area contributed by atoms with Gasteiger partial charge in [0.2, 0.25) is 0 Å². The van der Waals surface area contributed by atoms with Crippen LogP contribution in [0.15, 0.2) is 23.1 Å². The molecule has 1 aromatic rings. The Hall–Kier alpha value is -0.540. The van der Waals surface area contributed by atoms with Crippen LogP contribution < -0.4 is 5.73 Å². The molecule has 1 fully saturated rings. The lowest BCUT2D eigenvalue weighted by molar-refractivity contribution is 0.531. The zero-order valence-corrected chi connectivity index (χ0v) is 11.4. The van der Waals surface area contributed by atoms with Crippen molar-refractivity contribution in [2.24, 2.45) is 5.92 Å². The zero-order valence-electron chi connectivity index (χ0n) is 9.82. The normalized spacial score (nSPS) is 18.4. The third-order valence-corrected chi connectivity index (χ3v) is 5.09. The Labute approximate surface area is 110 Å². The quantitative estimate of drug-likeness (QED) is 0.850. The number of nitrogen functional groups attached to an aromatic ring is 1. The van der Waals surface area contributed by atoms with Crippen LogP contribution in [0.4, 0.5) is 5.69 Å². The molecule has 0 spiro atoms. The third kappa shape index (κ3) is 3.46. The largest absolute Gasteiger partial charge is 0.398 e. The van der Waals surface area contributed by atoms with Crippen LogP contribution in [0.2, 0.25) is 5.02 Å². The summed E-state index contributed by atoms with van der Waals surface area (Å²) in [5.41, 5.74) is 6.40. The summed E-state index contributed by atoms with van der Waals surface area (Å²) in [4.78, 5) is 0.690. The fraction of sp³-hybridized carbons (Fsp3) is 0.538. The van der Waals surface area contributed by atoms with Crippen molar-refractivity contribution in [3.63, 3.8) is 0 Å². The molecular formula is C13H18ClNOS. The highest BCUT2D eigenvalue weighted by atomic mass is 35.5. The third-order valence-electron chi connectivity index (χ3n) is 3.41. The van der Waals surface area contributed by atoms with Crippen molar-refractivity contribution >= 4 is 28.1 Å². The van der Waals surface area contributed by atoms with Crippen LogP contribution >= 0.6 is 11.6 Å². The van der Waals surface area contributed by atoms with E-state index in [0.29, 0.717) is 21.4 Å². The van der Waals surface area contributed by atoms with Crippen LogP contribution in [0.25, 0.3) is 0 Å². The lowest BCUT2D eigenvalue weighted by Crippen LogP contribution is -2.06. The molecule has 0 bridgehead atoms. The Morgan fingerprint density at radius 2 is 2.06 bits per heavy atom. The Morgan fingerprint density at radius 1 is 1.35 bits per heavy atom. The summed E-state index contributed by atoms with van der Waals surface area (Å²) >= 11 is 5.90. The first-order valence-electron chi connectivity index (χ1n) is 6.10. The summed E-state index contributed by atoms with van der Waals surface area (Å²) in [5.74, 6) is 1.47. The minimum absolute atomic E-state index is 0.583. The van der Waals surface area contributed by atoms with Gasteiger partial charge in [-0.3, -0.25) is 4.21 Å². The monoisotopic (exact) mass is 271 g/mol. The van der Waals surface area contributed by atoms with Crippen LogP contribution in [0.1, 0.15) is 32.1 Å². The lowest BCUT2D eigenvalue weighted by atomic mass is 10.1. The van der Waals surface area contributed by atoms with E-state index in [0.717, 1.165) is 12.3 Å². The van der Waals surface area contributed by atoms with Crippen LogP contribution in [-0.2, 0) is 10.8 Å². The lowest BCUT2D eigenvalue weighted by Gasteiger charge is -2.10. The number of halogens is 1. The molecule has 17 heavy (non-hydrogen) atoms. The summed E-state index contributed by atoms with van der Waals surface area (Å²) < 4.78 is 12.1. The van der Waals surface area contributed by atoms with Crippen molar-refractivity contribution in [1.29, 1.82) is 0 Å². The fourth-order valence-electron chi connectivity index (χ4n) is 2.39. The number of benzene rings is 1. The maximum absolute atomic E-state index is 12.1. The van der Waals surface area contributed by atoms with Gasteiger partial charge in [0.05, 0.1) is 15.7 Å². The van der Waals surface area contributed by atoms with Crippen molar-refractivity contribution < 1.29 is 4.21 Å². The molecule has 1 unspecified atom stereocenters. The first kappa shape index (κ1) is 12.9. The first-order chi connectivity index (χ1) is 8.16. The molecule has 1 atom stereocenters. The van der Waals surface area contributed by atoms with Crippen LogP contribution in [0, 0.1) is 5.92 Å². The van der Waals surface area contributed by atoms with Crippen molar-refractivity contribution in [3.05, 3.63) is 23.2 Å². The van der Waals surface area contributed by atoms with Gasteiger partial charge in [0, 0.05) is 16.5 Å². The molecule has 0 aliphatic heterocycles. The molecule has 94 valence electrons. The van der Waals surface area contributed by atoms with Gasteiger partial charge in [-0.05, 0) is 30.5 Å². The smallest absolute Gasteiger partial charge is 0.0632 e. The van der Waals surface area contributed by atoms with Gasteiger partial charge in [0.15, 0.2) is 0 Å². The number of rotatable bonds is 4. The predicted octanol–water partition coefficient (Wildman–Crippen LogP) is 3.61. The van der Waals surface area contributed by atoms with Gasteiger partial charge in [0.1, 0.15) is 0 Å². The molecule has 0 amide bonds. The number of hydrogen-bond donors (Lipinski definition) is 1. The van der Waals surface area contributed by atoms with E-state index in [4.69, 9.17) is 17.3 Å². The average molecular weight is 272 g/mol. The van der Waals surface area contributed by atoms with Crippen molar-refractivity contribution in [3.8, 4) is 0 Å². The van der Waals surface area contributed by atoms with Gasteiger partial charge >= 0.3 is 0 Å². The van der Waals surface area contributed by atoms with E-state index in [9.17, 15) is 4.21 Å². The SMILES string of the molecule is Nc1ccc(Cl)cc1S(=O)CCC1CCCC1. The minimum atomic E-state index is -1.01. The van der Waals surface area contributed by atoms with Crippen LogP contribution in [-0.4, -0.2) is 9.96 Å². The number of nitrogens with two attached hydrogens (primary N) is 1. The van der Waals surface area contributed by atoms with E-state index in [1.54, 1.807) is 18.2 Å². The maximum Gasteiger partial charge on any atom is 0.0632 e. The molecule has 2 N–H and O–H groups in total. The number of hydrogen-bond acceptors (Lipinski definition) is 2. The van der Waals surface area contributed by atoms with E-state index in [-0.39, 0.29) is 0 Å². The van der Waals surface area contributed by atoms with E-state index < -0.39 is 10.8 Å². The second-order valence-corrected chi connectivity index (χ2v) is 6.65. The molecule has 1 aliphatic carbocycles. The van der Waals surface area contributed by atoms with Crippen LogP contribution in [0.3, 0.4) is 0 Å². The van der Waals surface area contributed by atoms with Crippen molar-refractivity contribution in [2.75, 3.05) is 11.5 Å². The van der Waals surface area contributed by atoms with Gasteiger partial charge in [-0.2, -0.15) is 0 Å². The Bertz CT molecular complexity index is 416. The molecule has 4 heteroatoms. The van der Waals surface area contributed by atoms with Gasteiger partial charge in [0.25, 0.3) is 0 Å². The van der Waals surface area contributed by atoms with E-state index in [1.807, 2.05) is 0 Å². The molecule has 0 saturated heterocycles. The molecule has 0 radical (unpaired) electrons. The summed E-state index contributed by atoms with van der Waals surface area (Å²) in [6.07, 6.45) is 6.29. The maximum atomic E-state index is 12.1.